The van der Waals surface area contributed by atoms with E-state index in [1.54, 1.807) is 0 Å². The van der Waals surface area contributed by atoms with E-state index in [9.17, 15) is 27.9 Å². The van der Waals surface area contributed by atoms with Crippen molar-refractivity contribution in [2.24, 2.45) is 0 Å². The molecular weight excluding hydrogens is 469 g/mol. The van der Waals surface area contributed by atoms with Crippen molar-refractivity contribution in [3.8, 4) is 0 Å². The fraction of sp³-hybridized carbons (Fsp3) is 0.522. The second-order valence-corrected chi connectivity index (χ2v) is 9.88. The summed E-state index contributed by atoms with van der Waals surface area (Å²) in [5.74, 6) is -1.12. The summed E-state index contributed by atoms with van der Waals surface area (Å²) in [7, 11) is 0. The van der Waals surface area contributed by atoms with Crippen LogP contribution in [0.4, 0.5) is 13.2 Å². The Morgan fingerprint density at radius 3 is 2.56 bits per heavy atom. The average Bonchev–Trinajstić information content (AvgIpc) is 3.22. The van der Waals surface area contributed by atoms with Crippen molar-refractivity contribution in [1.82, 2.24) is 19.9 Å². The molecule has 0 spiro atoms. The topological polar surface area (TPSA) is 94.6 Å². The van der Waals surface area contributed by atoms with Gasteiger partial charge in [0, 0.05) is 24.7 Å². The Hall–Kier alpha value is -2.50. The Morgan fingerprint density at radius 1 is 1.24 bits per heavy atom. The van der Waals surface area contributed by atoms with Crippen LogP contribution in [0.1, 0.15) is 52.2 Å². The van der Waals surface area contributed by atoms with E-state index in [2.05, 4.69) is 19.9 Å². The van der Waals surface area contributed by atoms with E-state index < -0.39 is 23.2 Å². The van der Waals surface area contributed by atoms with Crippen LogP contribution >= 0.6 is 11.5 Å². The van der Waals surface area contributed by atoms with Gasteiger partial charge < -0.3 is 15.7 Å². The van der Waals surface area contributed by atoms with Crippen molar-refractivity contribution < 1.29 is 27.9 Å². The van der Waals surface area contributed by atoms with E-state index in [0.717, 1.165) is 41.6 Å². The number of rotatable bonds is 6. The summed E-state index contributed by atoms with van der Waals surface area (Å²) in [6.07, 6.45) is -1.47. The molecule has 2 aromatic rings. The zero-order valence-corrected chi connectivity index (χ0v) is 19.5. The molecule has 1 saturated carbocycles. The average molecular weight is 497 g/mol. The highest BCUT2D eigenvalue weighted by Crippen LogP contribution is 2.41. The number of amides is 2. The van der Waals surface area contributed by atoms with Crippen LogP contribution in [0.5, 0.6) is 0 Å². The van der Waals surface area contributed by atoms with Gasteiger partial charge in [-0.25, -0.2) is 0 Å². The standard InChI is InChI=1S/C23H27F3N4O3S/c1-14-9-19(34-29-14)22(33)7-5-18(6-8-22)30-12-17(13-30)28-20(31)11-27-21(32)15-3-2-4-16(10-15)23(24,25)26/h2-4,9-10,17-18,33H,5-8,11-13H2,1H3,(H,27,32)(H,28,31)/t18-,22-. The second-order valence-electron chi connectivity index (χ2n) is 9.07. The number of aliphatic hydroxyl groups is 1. The summed E-state index contributed by atoms with van der Waals surface area (Å²) in [6, 6.07) is 6.34. The number of hydrogen-bond donors (Lipinski definition) is 3. The van der Waals surface area contributed by atoms with Crippen molar-refractivity contribution in [1.29, 1.82) is 0 Å². The number of hydrogen-bond acceptors (Lipinski definition) is 6. The summed E-state index contributed by atoms with van der Waals surface area (Å²) in [4.78, 5) is 27.5. The van der Waals surface area contributed by atoms with Gasteiger partial charge in [0.25, 0.3) is 5.91 Å². The molecule has 34 heavy (non-hydrogen) atoms. The zero-order valence-electron chi connectivity index (χ0n) is 18.7. The zero-order chi connectivity index (χ0) is 24.5. The molecule has 0 atom stereocenters. The van der Waals surface area contributed by atoms with Gasteiger partial charge in [-0.05, 0) is 68.4 Å². The highest BCUT2D eigenvalue weighted by Gasteiger charge is 2.41. The van der Waals surface area contributed by atoms with Crippen molar-refractivity contribution in [2.75, 3.05) is 19.6 Å². The van der Waals surface area contributed by atoms with Gasteiger partial charge in [-0.15, -0.1) is 0 Å². The first-order valence-corrected chi connectivity index (χ1v) is 12.0. The number of aryl methyl sites for hydroxylation is 1. The van der Waals surface area contributed by atoms with Crippen molar-refractivity contribution in [3.63, 3.8) is 0 Å². The molecule has 2 amide bonds. The Balaban J connectivity index is 1.17. The van der Waals surface area contributed by atoms with Gasteiger partial charge >= 0.3 is 6.18 Å². The normalized spacial score (nSPS) is 23.9. The highest BCUT2D eigenvalue weighted by atomic mass is 32.1. The Kier molecular flexibility index (Phi) is 6.97. The number of alkyl halides is 3. The van der Waals surface area contributed by atoms with Gasteiger partial charge in [-0.1, -0.05) is 6.07 Å². The number of aromatic nitrogens is 1. The Labute approximate surface area is 199 Å². The van der Waals surface area contributed by atoms with Gasteiger partial charge in [0.2, 0.25) is 5.91 Å². The minimum atomic E-state index is -4.54. The molecule has 0 bridgehead atoms. The fourth-order valence-corrected chi connectivity index (χ4v) is 5.45. The predicted molar refractivity (Wildman–Crippen MR) is 120 cm³/mol. The van der Waals surface area contributed by atoms with Crippen LogP contribution in [0.2, 0.25) is 0 Å². The third-order valence-electron chi connectivity index (χ3n) is 6.52. The van der Waals surface area contributed by atoms with Crippen molar-refractivity contribution in [2.45, 2.75) is 56.5 Å². The fourth-order valence-electron chi connectivity index (χ4n) is 4.55. The molecule has 0 radical (unpaired) electrons. The molecule has 2 aliphatic rings. The van der Waals surface area contributed by atoms with Crippen LogP contribution in [0.3, 0.4) is 0 Å². The van der Waals surface area contributed by atoms with Crippen molar-refractivity contribution in [3.05, 3.63) is 52.0 Å². The van der Waals surface area contributed by atoms with E-state index in [1.165, 1.54) is 17.6 Å². The highest BCUT2D eigenvalue weighted by molar-refractivity contribution is 7.06. The lowest BCUT2D eigenvalue weighted by Crippen LogP contribution is -2.63. The van der Waals surface area contributed by atoms with Crippen LogP contribution in [0.15, 0.2) is 30.3 Å². The van der Waals surface area contributed by atoms with Crippen LogP contribution in [-0.2, 0) is 16.6 Å². The lowest BCUT2D eigenvalue weighted by atomic mass is 9.79. The molecule has 1 aromatic carbocycles. The Bertz CT molecular complexity index is 1040. The van der Waals surface area contributed by atoms with E-state index >= 15 is 0 Å². The smallest absolute Gasteiger partial charge is 0.384 e. The van der Waals surface area contributed by atoms with Gasteiger partial charge in [-0.3, -0.25) is 14.5 Å². The maximum Gasteiger partial charge on any atom is 0.416 e. The van der Waals surface area contributed by atoms with Crippen LogP contribution < -0.4 is 10.6 Å². The van der Waals surface area contributed by atoms with Gasteiger partial charge in [0.1, 0.15) is 5.60 Å². The van der Waals surface area contributed by atoms with Gasteiger partial charge in [0.05, 0.1) is 28.7 Å². The number of nitrogens with zero attached hydrogens (tertiary/aromatic N) is 2. The molecule has 3 N–H and O–H groups in total. The number of carbonyl (C=O) groups is 2. The number of nitrogens with one attached hydrogen (secondary N) is 2. The summed E-state index contributed by atoms with van der Waals surface area (Å²) in [5.41, 5.74) is -0.952. The first kappa shape index (κ1) is 24.6. The molecule has 1 aliphatic carbocycles. The minimum absolute atomic E-state index is 0.0390. The molecule has 2 heterocycles. The number of halogens is 3. The largest absolute Gasteiger partial charge is 0.416 e. The molecule has 1 saturated heterocycles. The predicted octanol–water partition coefficient (Wildman–Crippen LogP) is 2.83. The van der Waals surface area contributed by atoms with Crippen LogP contribution in [0.25, 0.3) is 0 Å². The van der Waals surface area contributed by atoms with Gasteiger partial charge in [0.15, 0.2) is 0 Å². The molecule has 11 heteroatoms. The third-order valence-corrected chi connectivity index (χ3v) is 7.60. The summed E-state index contributed by atoms with van der Waals surface area (Å²) in [5, 5.41) is 16.2. The minimum Gasteiger partial charge on any atom is -0.384 e. The molecule has 1 aromatic heterocycles. The lowest BCUT2D eigenvalue weighted by Gasteiger charge is -2.48. The third kappa shape index (κ3) is 5.59. The lowest BCUT2D eigenvalue weighted by molar-refractivity contribution is -0.137. The maximum atomic E-state index is 12.8. The van der Waals surface area contributed by atoms with E-state index in [-0.39, 0.29) is 24.1 Å². The first-order chi connectivity index (χ1) is 16.0. The molecule has 0 unspecified atom stereocenters. The number of likely N-dealkylation sites (tertiary alicyclic amines) is 1. The SMILES string of the molecule is Cc1cc([C@]2(O)CC[C@H](N3CC(NC(=O)CNC(=O)c4cccc(C(F)(F)F)c4)C3)CC2)sn1. The molecule has 7 nitrogen and oxygen atoms in total. The van der Waals surface area contributed by atoms with Crippen molar-refractivity contribution >= 4 is 23.3 Å². The molecule has 184 valence electrons. The van der Waals surface area contributed by atoms with Crippen LogP contribution in [0, 0.1) is 6.92 Å². The molecule has 1 aliphatic heterocycles. The second kappa shape index (κ2) is 9.63. The monoisotopic (exact) mass is 496 g/mol. The Morgan fingerprint density at radius 2 is 1.94 bits per heavy atom. The summed E-state index contributed by atoms with van der Waals surface area (Å²) >= 11 is 1.36. The molecule has 4 rings (SSSR count). The molecular formula is C23H27F3N4O3S. The van der Waals surface area contributed by atoms with E-state index in [0.29, 0.717) is 32.0 Å². The van der Waals surface area contributed by atoms with Crippen LogP contribution in [-0.4, -0.2) is 57.9 Å². The maximum absolute atomic E-state index is 12.8. The summed E-state index contributed by atoms with van der Waals surface area (Å²) < 4.78 is 42.7. The van der Waals surface area contributed by atoms with Gasteiger partial charge in [-0.2, -0.15) is 17.5 Å². The van der Waals surface area contributed by atoms with E-state index in [1.807, 2.05) is 13.0 Å². The number of benzene rings is 1. The molecule has 2 fully saturated rings. The van der Waals surface area contributed by atoms with E-state index in [4.69, 9.17) is 0 Å². The first-order valence-electron chi connectivity index (χ1n) is 11.2. The summed E-state index contributed by atoms with van der Waals surface area (Å²) in [6.45, 7) is 2.99. The number of carbonyl (C=O) groups excluding carboxylic acids is 2. The quantitative estimate of drug-likeness (QED) is 0.572.